The number of rotatable bonds is 7. The average molecular weight is 389 g/mol. The predicted octanol–water partition coefficient (Wildman–Crippen LogP) is 4.18. The number of nitrogens with zero attached hydrogens (tertiary/aromatic N) is 2. The van der Waals surface area contributed by atoms with E-state index < -0.39 is 16.9 Å². The summed E-state index contributed by atoms with van der Waals surface area (Å²) in [7, 11) is 0. The Morgan fingerprint density at radius 3 is 2.31 bits per heavy atom. The molecule has 3 rings (SSSR count). The summed E-state index contributed by atoms with van der Waals surface area (Å²) in [5.41, 5.74) is 4.68. The minimum Gasteiger partial charge on any atom is -0.481 e. The van der Waals surface area contributed by atoms with Gasteiger partial charge in [-0.1, -0.05) is 54.6 Å². The Morgan fingerprint density at radius 2 is 1.62 bits per heavy atom. The third kappa shape index (κ3) is 5.26. The summed E-state index contributed by atoms with van der Waals surface area (Å²) >= 11 is 0. The molecule has 7 nitrogen and oxygen atoms in total. The first-order valence-electron chi connectivity index (χ1n) is 8.93. The summed E-state index contributed by atoms with van der Waals surface area (Å²) < 4.78 is 5.64. The highest BCUT2D eigenvalue weighted by Gasteiger charge is 2.15. The molecule has 0 spiro atoms. The number of hydrogen-bond donors (Lipinski definition) is 1. The van der Waals surface area contributed by atoms with Crippen molar-refractivity contribution >= 4 is 17.8 Å². The van der Waals surface area contributed by atoms with Crippen LogP contribution in [0.4, 0.5) is 5.69 Å². The summed E-state index contributed by atoms with van der Waals surface area (Å²) in [4.78, 5) is 22.6. The zero-order valence-electron chi connectivity index (χ0n) is 15.7. The van der Waals surface area contributed by atoms with Crippen LogP contribution in [0, 0.1) is 10.1 Å². The quantitative estimate of drug-likeness (QED) is 0.373. The number of nitro groups is 1. The van der Waals surface area contributed by atoms with Crippen molar-refractivity contribution in [2.24, 2.45) is 5.10 Å². The Bertz CT molecular complexity index is 1020. The summed E-state index contributed by atoms with van der Waals surface area (Å²) in [5.74, 6) is 0.0852. The number of hydrazone groups is 1. The number of amides is 1. The number of benzene rings is 3. The van der Waals surface area contributed by atoms with Gasteiger partial charge < -0.3 is 4.74 Å². The van der Waals surface area contributed by atoms with Gasteiger partial charge in [0.1, 0.15) is 5.75 Å². The van der Waals surface area contributed by atoms with Crippen molar-refractivity contribution in [1.29, 1.82) is 0 Å². The molecular formula is C22H19N3O4. The van der Waals surface area contributed by atoms with E-state index in [9.17, 15) is 14.9 Å². The van der Waals surface area contributed by atoms with Crippen LogP contribution in [0.3, 0.4) is 0 Å². The molecule has 0 aliphatic carbocycles. The molecule has 3 aromatic rings. The molecule has 0 aliphatic heterocycles. The molecule has 1 N–H and O–H groups in total. The Morgan fingerprint density at radius 1 is 1.00 bits per heavy atom. The fourth-order valence-corrected chi connectivity index (χ4v) is 2.63. The Hall–Kier alpha value is -4.00. The molecule has 29 heavy (non-hydrogen) atoms. The molecule has 0 heterocycles. The van der Waals surface area contributed by atoms with E-state index in [1.807, 2.05) is 42.5 Å². The van der Waals surface area contributed by atoms with Gasteiger partial charge in [0.05, 0.1) is 16.7 Å². The fourth-order valence-electron chi connectivity index (χ4n) is 2.63. The highest BCUT2D eigenvalue weighted by atomic mass is 16.6. The van der Waals surface area contributed by atoms with E-state index in [2.05, 4.69) is 10.5 Å². The summed E-state index contributed by atoms with van der Waals surface area (Å²) in [6, 6.07) is 23.5. The number of ether oxygens (including phenoxy) is 1. The number of nitro benzene ring substituents is 1. The lowest BCUT2D eigenvalue weighted by molar-refractivity contribution is -0.385. The second-order valence-corrected chi connectivity index (χ2v) is 6.20. The maximum absolute atomic E-state index is 12.2. The highest BCUT2D eigenvalue weighted by molar-refractivity contribution is 5.87. The zero-order chi connectivity index (χ0) is 20.6. The van der Waals surface area contributed by atoms with E-state index in [4.69, 9.17) is 4.74 Å². The fraction of sp³-hybridized carbons (Fsp3) is 0.0909. The number of para-hydroxylation sites is 1. The van der Waals surface area contributed by atoms with Crippen molar-refractivity contribution in [3.8, 4) is 16.9 Å². The Kier molecular flexibility index (Phi) is 6.32. The van der Waals surface area contributed by atoms with Gasteiger partial charge in [0.15, 0.2) is 6.10 Å². The monoisotopic (exact) mass is 389 g/mol. The van der Waals surface area contributed by atoms with E-state index in [0.29, 0.717) is 11.3 Å². The normalized spacial score (nSPS) is 11.8. The van der Waals surface area contributed by atoms with Crippen molar-refractivity contribution in [3.63, 3.8) is 0 Å². The predicted molar refractivity (Wildman–Crippen MR) is 111 cm³/mol. The van der Waals surface area contributed by atoms with Gasteiger partial charge in [-0.15, -0.1) is 0 Å². The molecular weight excluding hydrogens is 370 g/mol. The van der Waals surface area contributed by atoms with Gasteiger partial charge in [-0.25, -0.2) is 5.43 Å². The van der Waals surface area contributed by atoms with Gasteiger partial charge >= 0.3 is 0 Å². The molecule has 3 aromatic carbocycles. The highest BCUT2D eigenvalue weighted by Crippen LogP contribution is 2.22. The van der Waals surface area contributed by atoms with E-state index in [-0.39, 0.29) is 5.69 Å². The average Bonchev–Trinajstić information content (AvgIpc) is 2.75. The molecule has 0 aliphatic rings. The van der Waals surface area contributed by atoms with Crippen LogP contribution in [0.1, 0.15) is 12.5 Å². The molecule has 0 fully saturated rings. The van der Waals surface area contributed by atoms with Gasteiger partial charge in [-0.3, -0.25) is 14.9 Å². The lowest BCUT2D eigenvalue weighted by atomic mass is 10.1. The molecule has 0 bridgehead atoms. The molecule has 1 atom stereocenters. The molecule has 0 saturated carbocycles. The number of nitrogens with one attached hydrogen (secondary N) is 1. The lowest BCUT2D eigenvalue weighted by Crippen LogP contribution is -2.33. The van der Waals surface area contributed by atoms with Crippen LogP contribution in [0.25, 0.3) is 11.1 Å². The largest absolute Gasteiger partial charge is 0.481 e. The van der Waals surface area contributed by atoms with Crippen molar-refractivity contribution < 1.29 is 14.5 Å². The van der Waals surface area contributed by atoms with Crippen molar-refractivity contribution in [2.75, 3.05) is 0 Å². The third-order valence-electron chi connectivity index (χ3n) is 4.16. The van der Waals surface area contributed by atoms with Gasteiger partial charge in [-0.05, 0) is 36.2 Å². The second-order valence-electron chi connectivity index (χ2n) is 6.20. The van der Waals surface area contributed by atoms with E-state index in [0.717, 1.165) is 11.1 Å². The summed E-state index contributed by atoms with van der Waals surface area (Å²) in [6.07, 6.45) is 0.442. The summed E-state index contributed by atoms with van der Waals surface area (Å²) in [6.45, 7) is 1.60. The van der Waals surface area contributed by atoms with E-state index in [1.165, 1.54) is 12.3 Å². The van der Waals surface area contributed by atoms with Gasteiger partial charge in [0.2, 0.25) is 0 Å². The van der Waals surface area contributed by atoms with E-state index >= 15 is 0 Å². The first-order valence-corrected chi connectivity index (χ1v) is 8.93. The molecule has 146 valence electrons. The van der Waals surface area contributed by atoms with Crippen molar-refractivity contribution in [3.05, 3.63) is 94.5 Å². The third-order valence-corrected chi connectivity index (χ3v) is 4.16. The van der Waals surface area contributed by atoms with Crippen LogP contribution in [0.2, 0.25) is 0 Å². The topological polar surface area (TPSA) is 93.8 Å². The van der Waals surface area contributed by atoms with Crippen LogP contribution in [-0.2, 0) is 4.79 Å². The minimum atomic E-state index is -0.791. The minimum absolute atomic E-state index is 0.0895. The molecule has 0 radical (unpaired) electrons. The van der Waals surface area contributed by atoms with Gasteiger partial charge in [0, 0.05) is 6.07 Å². The standard InChI is InChI=1S/C22H19N3O4/c1-16(22(26)24-23-15-19-9-5-6-10-21(19)25(27)28)29-20-13-11-18(12-14-20)17-7-3-2-4-8-17/h2-16H,1H3,(H,24,26)/b23-15-/t16-/m1/s1. The van der Waals surface area contributed by atoms with Crippen molar-refractivity contribution in [2.45, 2.75) is 13.0 Å². The SMILES string of the molecule is C[C@@H](Oc1ccc(-c2ccccc2)cc1)C(=O)N/N=C\c1ccccc1[N+](=O)[O-]. The van der Waals surface area contributed by atoms with Gasteiger partial charge in [0.25, 0.3) is 11.6 Å². The van der Waals surface area contributed by atoms with E-state index in [1.54, 1.807) is 37.3 Å². The number of carbonyl (C=O) groups is 1. The molecule has 0 saturated heterocycles. The van der Waals surface area contributed by atoms with Crippen LogP contribution < -0.4 is 10.2 Å². The molecule has 1 amide bonds. The zero-order valence-corrected chi connectivity index (χ0v) is 15.7. The maximum Gasteiger partial charge on any atom is 0.280 e. The maximum atomic E-state index is 12.2. The lowest BCUT2D eigenvalue weighted by Gasteiger charge is -2.13. The molecule has 0 aromatic heterocycles. The molecule has 0 unspecified atom stereocenters. The van der Waals surface area contributed by atoms with Crippen molar-refractivity contribution in [1.82, 2.24) is 5.43 Å². The first-order chi connectivity index (χ1) is 14.0. The Balaban J connectivity index is 1.58. The van der Waals surface area contributed by atoms with Gasteiger partial charge in [-0.2, -0.15) is 5.10 Å². The number of hydrogen-bond acceptors (Lipinski definition) is 5. The summed E-state index contributed by atoms with van der Waals surface area (Å²) in [5, 5.41) is 14.8. The van der Waals surface area contributed by atoms with Crippen LogP contribution in [-0.4, -0.2) is 23.1 Å². The molecule has 7 heteroatoms. The second kappa shape index (κ2) is 9.27. The first kappa shape index (κ1) is 19.8. The number of carbonyl (C=O) groups excluding carboxylic acids is 1. The van der Waals surface area contributed by atoms with Crippen LogP contribution >= 0.6 is 0 Å². The van der Waals surface area contributed by atoms with Crippen LogP contribution in [0.5, 0.6) is 5.75 Å². The van der Waals surface area contributed by atoms with Crippen LogP contribution in [0.15, 0.2) is 84.0 Å². The Labute approximate surface area is 167 Å². The smallest absolute Gasteiger partial charge is 0.280 e.